The predicted molar refractivity (Wildman–Crippen MR) is 66.6 cm³/mol. The summed E-state index contributed by atoms with van der Waals surface area (Å²) in [4.78, 5) is 14.3. The molecule has 0 atom stereocenters. The van der Waals surface area contributed by atoms with E-state index in [0.29, 0.717) is 5.56 Å². The number of aromatic carboxylic acids is 1. The summed E-state index contributed by atoms with van der Waals surface area (Å²) in [5.74, 6) is 0.187. The molecule has 1 aliphatic heterocycles. The van der Waals surface area contributed by atoms with Crippen molar-refractivity contribution in [1.82, 2.24) is 0 Å². The normalized spacial score (nSPS) is 14.7. The maximum Gasteiger partial charge on any atom is 0.335 e. The molecule has 86 valence electrons. The lowest BCUT2D eigenvalue weighted by molar-refractivity contribution is 0.0696. The number of carboxylic acid groups (broad SMARTS) is 1. The molecule has 16 heavy (non-hydrogen) atoms. The first kappa shape index (κ1) is 11.3. The molecule has 0 bridgehead atoms. The van der Waals surface area contributed by atoms with Crippen molar-refractivity contribution in [2.75, 3.05) is 23.7 Å². The van der Waals surface area contributed by atoms with Gasteiger partial charge in [-0.3, -0.25) is 0 Å². The fourth-order valence-electron chi connectivity index (χ4n) is 1.91. The maximum absolute atomic E-state index is 10.9. The molecule has 1 N–H and O–H groups in total. The molecule has 1 aromatic carbocycles. The third-order valence-electron chi connectivity index (χ3n) is 2.66. The fraction of sp³-hybridized carbons (Fsp3) is 0.417. The molecule has 0 fully saturated rings. The van der Waals surface area contributed by atoms with Gasteiger partial charge in [0.1, 0.15) is 0 Å². The van der Waals surface area contributed by atoms with Crippen LogP contribution < -0.4 is 4.90 Å². The van der Waals surface area contributed by atoms with Crippen molar-refractivity contribution in [2.24, 2.45) is 0 Å². The van der Waals surface area contributed by atoms with E-state index in [4.69, 9.17) is 5.11 Å². The lowest BCUT2D eigenvalue weighted by atomic mass is 10.2. The molecule has 1 aromatic rings. The zero-order chi connectivity index (χ0) is 11.5. The Labute approximate surface area is 99.5 Å². The SMILES string of the molecule is CCCN1CCSc2cc(C(=O)O)ccc21. The van der Waals surface area contributed by atoms with Gasteiger partial charge in [0.2, 0.25) is 0 Å². The van der Waals surface area contributed by atoms with Crippen molar-refractivity contribution >= 4 is 23.4 Å². The Bertz CT molecular complexity index is 406. The van der Waals surface area contributed by atoms with Crippen molar-refractivity contribution in [3.8, 4) is 0 Å². The van der Waals surface area contributed by atoms with Crippen LogP contribution >= 0.6 is 11.8 Å². The van der Waals surface area contributed by atoms with Gasteiger partial charge in [-0.05, 0) is 24.6 Å². The number of thioether (sulfide) groups is 1. The van der Waals surface area contributed by atoms with Gasteiger partial charge in [-0.2, -0.15) is 0 Å². The lowest BCUT2D eigenvalue weighted by Gasteiger charge is -2.30. The number of benzene rings is 1. The third-order valence-corrected chi connectivity index (χ3v) is 3.68. The average molecular weight is 237 g/mol. The van der Waals surface area contributed by atoms with E-state index in [-0.39, 0.29) is 0 Å². The Kier molecular flexibility index (Phi) is 3.39. The number of rotatable bonds is 3. The molecule has 0 saturated carbocycles. The second kappa shape index (κ2) is 4.78. The predicted octanol–water partition coefficient (Wildman–Crippen LogP) is 2.71. The molecule has 1 aliphatic rings. The van der Waals surface area contributed by atoms with Crippen LogP contribution in [-0.2, 0) is 0 Å². The van der Waals surface area contributed by atoms with Crippen molar-refractivity contribution in [3.05, 3.63) is 23.8 Å². The van der Waals surface area contributed by atoms with Crippen LogP contribution in [0.3, 0.4) is 0 Å². The van der Waals surface area contributed by atoms with E-state index in [1.807, 2.05) is 6.07 Å². The zero-order valence-electron chi connectivity index (χ0n) is 9.27. The Morgan fingerprint density at radius 3 is 3.06 bits per heavy atom. The molecule has 2 rings (SSSR count). The van der Waals surface area contributed by atoms with Gasteiger partial charge in [0.25, 0.3) is 0 Å². The van der Waals surface area contributed by atoms with Gasteiger partial charge in [0.15, 0.2) is 0 Å². The summed E-state index contributed by atoms with van der Waals surface area (Å²) >= 11 is 1.74. The maximum atomic E-state index is 10.9. The molecular formula is C12H15NO2S. The van der Waals surface area contributed by atoms with Crippen LogP contribution in [0.4, 0.5) is 5.69 Å². The van der Waals surface area contributed by atoms with Crippen LogP contribution in [0.5, 0.6) is 0 Å². The number of hydrogen-bond donors (Lipinski definition) is 1. The molecule has 4 heteroatoms. The van der Waals surface area contributed by atoms with Crippen LogP contribution in [-0.4, -0.2) is 29.9 Å². The van der Waals surface area contributed by atoms with Crippen molar-refractivity contribution in [1.29, 1.82) is 0 Å². The highest BCUT2D eigenvalue weighted by atomic mass is 32.2. The monoisotopic (exact) mass is 237 g/mol. The first-order valence-corrected chi connectivity index (χ1v) is 6.46. The minimum atomic E-state index is -0.851. The van der Waals surface area contributed by atoms with E-state index in [1.165, 1.54) is 5.69 Å². The zero-order valence-corrected chi connectivity index (χ0v) is 10.1. The average Bonchev–Trinajstić information content (AvgIpc) is 2.29. The number of carboxylic acids is 1. The summed E-state index contributed by atoms with van der Waals surface area (Å²) in [7, 11) is 0. The minimum Gasteiger partial charge on any atom is -0.478 e. The van der Waals surface area contributed by atoms with Crippen LogP contribution in [0, 0.1) is 0 Å². The van der Waals surface area contributed by atoms with Gasteiger partial charge in [0, 0.05) is 23.7 Å². The van der Waals surface area contributed by atoms with Gasteiger partial charge in [-0.1, -0.05) is 6.92 Å². The second-order valence-electron chi connectivity index (χ2n) is 3.82. The third kappa shape index (κ3) is 2.16. The summed E-state index contributed by atoms with van der Waals surface area (Å²) in [6.07, 6.45) is 1.12. The molecule has 0 unspecified atom stereocenters. The Balaban J connectivity index is 2.32. The van der Waals surface area contributed by atoms with E-state index in [9.17, 15) is 4.79 Å². The minimum absolute atomic E-state index is 0.379. The van der Waals surface area contributed by atoms with Crippen LogP contribution in [0.15, 0.2) is 23.1 Å². The van der Waals surface area contributed by atoms with Gasteiger partial charge < -0.3 is 10.0 Å². The van der Waals surface area contributed by atoms with E-state index < -0.39 is 5.97 Å². The van der Waals surface area contributed by atoms with Crippen molar-refractivity contribution in [2.45, 2.75) is 18.2 Å². The molecule has 0 aromatic heterocycles. The Morgan fingerprint density at radius 2 is 2.38 bits per heavy atom. The molecular weight excluding hydrogens is 222 g/mol. The van der Waals surface area contributed by atoms with Crippen LogP contribution in [0.1, 0.15) is 23.7 Å². The number of carbonyl (C=O) groups is 1. The smallest absolute Gasteiger partial charge is 0.335 e. The summed E-state index contributed by atoms with van der Waals surface area (Å²) < 4.78 is 0. The fourth-order valence-corrected chi connectivity index (χ4v) is 3.00. The van der Waals surface area contributed by atoms with Gasteiger partial charge in [-0.15, -0.1) is 11.8 Å². The van der Waals surface area contributed by atoms with Crippen molar-refractivity contribution in [3.63, 3.8) is 0 Å². The van der Waals surface area contributed by atoms with Crippen LogP contribution in [0.25, 0.3) is 0 Å². The number of anilines is 1. The number of hydrogen-bond acceptors (Lipinski definition) is 3. The topological polar surface area (TPSA) is 40.5 Å². The molecule has 0 aliphatic carbocycles. The second-order valence-corrected chi connectivity index (χ2v) is 4.96. The van der Waals surface area contributed by atoms with E-state index in [1.54, 1.807) is 23.9 Å². The molecule has 1 heterocycles. The highest BCUT2D eigenvalue weighted by Gasteiger charge is 2.18. The quantitative estimate of drug-likeness (QED) is 0.877. The number of nitrogens with zero attached hydrogens (tertiary/aromatic N) is 1. The van der Waals surface area contributed by atoms with Crippen LogP contribution in [0.2, 0.25) is 0 Å². The lowest BCUT2D eigenvalue weighted by Crippen LogP contribution is -2.29. The Hall–Kier alpha value is -1.16. The van der Waals surface area contributed by atoms with E-state index in [0.717, 1.165) is 30.2 Å². The van der Waals surface area contributed by atoms with Crippen molar-refractivity contribution < 1.29 is 9.90 Å². The summed E-state index contributed by atoms with van der Waals surface area (Å²) in [5, 5.41) is 8.93. The number of fused-ring (bicyclic) bond motifs is 1. The highest BCUT2D eigenvalue weighted by molar-refractivity contribution is 7.99. The Morgan fingerprint density at radius 1 is 1.56 bits per heavy atom. The van der Waals surface area contributed by atoms with E-state index >= 15 is 0 Å². The highest BCUT2D eigenvalue weighted by Crippen LogP contribution is 2.35. The van der Waals surface area contributed by atoms with Gasteiger partial charge in [0.05, 0.1) is 11.3 Å². The molecule has 0 radical (unpaired) electrons. The summed E-state index contributed by atoms with van der Waals surface area (Å²) in [5.41, 5.74) is 1.56. The first-order chi connectivity index (χ1) is 7.72. The summed E-state index contributed by atoms with van der Waals surface area (Å²) in [6.45, 7) is 4.25. The molecule has 0 amide bonds. The molecule has 0 spiro atoms. The van der Waals surface area contributed by atoms with Gasteiger partial charge in [-0.25, -0.2) is 4.79 Å². The standard InChI is InChI=1S/C12H15NO2S/c1-2-5-13-6-7-16-11-8-9(12(14)15)3-4-10(11)13/h3-4,8H,2,5-7H2,1H3,(H,14,15). The first-order valence-electron chi connectivity index (χ1n) is 5.47. The summed E-state index contributed by atoms with van der Waals surface area (Å²) in [6, 6.07) is 5.40. The molecule has 0 saturated heterocycles. The molecule has 3 nitrogen and oxygen atoms in total. The van der Waals surface area contributed by atoms with Gasteiger partial charge >= 0.3 is 5.97 Å². The van der Waals surface area contributed by atoms with E-state index in [2.05, 4.69) is 11.8 Å². The largest absolute Gasteiger partial charge is 0.478 e.